The fourth-order valence-electron chi connectivity index (χ4n) is 4.28. The number of methoxy groups -OCH3 is 1. The summed E-state index contributed by atoms with van der Waals surface area (Å²) in [6.45, 7) is 0.695. The van der Waals surface area contributed by atoms with Gasteiger partial charge in [-0.1, -0.05) is 10.2 Å². The third kappa shape index (κ3) is 3.60. The molecule has 26 heavy (non-hydrogen) atoms. The van der Waals surface area contributed by atoms with Gasteiger partial charge in [-0.15, -0.1) is 0 Å². The topological polar surface area (TPSA) is 136 Å². The summed E-state index contributed by atoms with van der Waals surface area (Å²) in [5.41, 5.74) is 18.6. The highest BCUT2D eigenvalue weighted by atomic mass is 16.5. The number of benzene rings is 1. The lowest BCUT2D eigenvalue weighted by atomic mass is 9.84. The lowest BCUT2D eigenvalue weighted by Crippen LogP contribution is -2.35. The van der Waals surface area contributed by atoms with E-state index in [1.165, 1.54) is 6.07 Å². The summed E-state index contributed by atoms with van der Waals surface area (Å²) in [5.74, 6) is -0.224. The second-order valence-electron chi connectivity index (χ2n) is 7.21. The molecule has 0 atom stereocenters. The minimum absolute atomic E-state index is 0.00533. The van der Waals surface area contributed by atoms with Crippen LogP contribution < -0.4 is 5.32 Å². The summed E-state index contributed by atoms with van der Waals surface area (Å²) < 4.78 is 5.70. The van der Waals surface area contributed by atoms with Crippen molar-refractivity contribution in [1.29, 1.82) is 0 Å². The molecule has 136 valence electrons. The number of hydrogen-bond acceptors (Lipinski definition) is 4. The zero-order chi connectivity index (χ0) is 18.6. The van der Waals surface area contributed by atoms with E-state index in [1.807, 2.05) is 0 Å². The number of amides is 1. The summed E-state index contributed by atoms with van der Waals surface area (Å²) >= 11 is 0. The molecule has 2 fully saturated rings. The second-order valence-corrected chi connectivity index (χ2v) is 7.21. The van der Waals surface area contributed by atoms with Crippen molar-refractivity contribution in [3.8, 4) is 0 Å². The Bertz CT molecular complexity index is 801. The average Bonchev–Trinajstić information content (AvgIpc) is 3.22. The number of fused-ring (bicyclic) bond motifs is 2. The predicted octanol–water partition coefficient (Wildman–Crippen LogP) is 4.52. The minimum Gasteiger partial charge on any atom is -0.378 e. The number of hydrogen-bond donors (Lipinski definition) is 1. The lowest BCUT2D eigenvalue weighted by Gasteiger charge is -2.27. The number of nitrogens with zero attached hydrogens (tertiary/aromatic N) is 6. The van der Waals surface area contributed by atoms with Crippen LogP contribution in [-0.4, -0.2) is 25.2 Å². The van der Waals surface area contributed by atoms with E-state index in [0.29, 0.717) is 23.4 Å². The predicted molar refractivity (Wildman–Crippen MR) is 95.7 cm³/mol. The van der Waals surface area contributed by atoms with Gasteiger partial charge in [0.25, 0.3) is 5.91 Å². The fraction of sp³-hybridized carbons (Fsp3) is 0.588. The Morgan fingerprint density at radius 2 is 2.00 bits per heavy atom. The first-order chi connectivity index (χ1) is 12.5. The Balaban J connectivity index is 1.72. The maximum Gasteiger partial charge on any atom is 0.251 e. The molecule has 0 radical (unpaired) electrons. The molecule has 1 N–H and O–H groups in total. The van der Waals surface area contributed by atoms with Crippen LogP contribution in [0.1, 0.15) is 48.0 Å². The molecule has 0 heterocycles. The number of carbonyl (C=O) groups excluding carboxylic acids is 1. The maximum absolute atomic E-state index is 12.6. The van der Waals surface area contributed by atoms with Gasteiger partial charge in [-0.05, 0) is 72.3 Å². The van der Waals surface area contributed by atoms with E-state index in [1.54, 1.807) is 19.2 Å². The van der Waals surface area contributed by atoms with E-state index in [2.05, 4.69) is 25.4 Å². The largest absolute Gasteiger partial charge is 0.378 e. The first-order valence-electron chi connectivity index (χ1n) is 8.57. The molecule has 1 amide bonds. The first-order valence-corrected chi connectivity index (χ1v) is 8.57. The molecule has 3 rings (SSSR count). The molecule has 0 unspecified atom stereocenters. The highest BCUT2D eigenvalue weighted by Gasteiger charge is 2.54. The Hall–Kier alpha value is -2.73. The van der Waals surface area contributed by atoms with Crippen molar-refractivity contribution in [3.63, 3.8) is 0 Å². The van der Waals surface area contributed by atoms with Crippen LogP contribution in [0.4, 0.5) is 5.69 Å². The van der Waals surface area contributed by atoms with Gasteiger partial charge in [-0.3, -0.25) is 4.79 Å². The summed E-state index contributed by atoms with van der Waals surface area (Å²) in [4.78, 5) is 18.1. The molecule has 1 aromatic rings. The van der Waals surface area contributed by atoms with Crippen LogP contribution in [0.15, 0.2) is 28.4 Å². The summed E-state index contributed by atoms with van der Waals surface area (Å²) in [7, 11) is 1.77. The third-order valence-corrected chi connectivity index (χ3v) is 5.69. The van der Waals surface area contributed by atoms with Crippen molar-refractivity contribution in [3.05, 3.63) is 50.2 Å². The van der Waals surface area contributed by atoms with Crippen LogP contribution in [-0.2, 0) is 11.3 Å². The summed E-state index contributed by atoms with van der Waals surface area (Å²) in [6, 6.07) is 4.79. The molecule has 0 aromatic heterocycles. The fourth-order valence-corrected chi connectivity index (χ4v) is 4.28. The second kappa shape index (κ2) is 7.25. The molecule has 0 saturated heterocycles. The van der Waals surface area contributed by atoms with Crippen LogP contribution in [0, 0.1) is 5.41 Å². The number of nitrogens with one attached hydrogen (secondary N) is 1. The van der Waals surface area contributed by atoms with Gasteiger partial charge in [-0.2, -0.15) is 0 Å². The van der Waals surface area contributed by atoms with Gasteiger partial charge in [-0.25, -0.2) is 0 Å². The van der Waals surface area contributed by atoms with Gasteiger partial charge in [0.2, 0.25) is 0 Å². The van der Waals surface area contributed by atoms with Crippen molar-refractivity contribution in [1.82, 2.24) is 5.32 Å². The monoisotopic (exact) mass is 355 g/mol. The van der Waals surface area contributed by atoms with Gasteiger partial charge in [0.15, 0.2) is 0 Å². The lowest BCUT2D eigenvalue weighted by molar-refractivity contribution is -0.000360. The molecular formula is C17H21N7O2. The van der Waals surface area contributed by atoms with Crippen molar-refractivity contribution in [2.75, 3.05) is 13.7 Å². The van der Waals surface area contributed by atoms with Gasteiger partial charge in [0.05, 0.1) is 12.1 Å². The normalized spacial score (nSPS) is 26.0. The Kier molecular flexibility index (Phi) is 5.04. The smallest absolute Gasteiger partial charge is 0.251 e. The van der Waals surface area contributed by atoms with Gasteiger partial charge in [0, 0.05) is 34.7 Å². The van der Waals surface area contributed by atoms with Crippen LogP contribution in [0.25, 0.3) is 20.9 Å². The van der Waals surface area contributed by atoms with E-state index in [4.69, 9.17) is 15.8 Å². The zero-order valence-corrected chi connectivity index (χ0v) is 14.7. The molecule has 9 heteroatoms. The third-order valence-electron chi connectivity index (χ3n) is 5.69. The highest BCUT2D eigenvalue weighted by Crippen LogP contribution is 2.57. The molecular weight excluding hydrogens is 334 g/mol. The molecule has 0 aliphatic heterocycles. The molecule has 1 aromatic carbocycles. The molecule has 2 aliphatic rings. The van der Waals surface area contributed by atoms with Crippen molar-refractivity contribution >= 4 is 11.6 Å². The van der Waals surface area contributed by atoms with Crippen molar-refractivity contribution < 1.29 is 9.53 Å². The molecule has 0 spiro atoms. The number of carbonyl (C=O) groups is 1. The molecule has 9 nitrogen and oxygen atoms in total. The van der Waals surface area contributed by atoms with Crippen molar-refractivity contribution in [2.45, 2.75) is 44.2 Å². The van der Waals surface area contributed by atoms with E-state index in [-0.39, 0.29) is 23.5 Å². The Morgan fingerprint density at radius 1 is 1.23 bits per heavy atom. The summed E-state index contributed by atoms with van der Waals surface area (Å²) in [5, 5.41) is 10.1. The SMILES string of the molecule is COC12CCC(CNC(=O)c3cc(CN=[N+]=[N-])cc(N=[N+]=[N-])c3)(CC1)C2. The van der Waals surface area contributed by atoms with E-state index >= 15 is 0 Å². The van der Waals surface area contributed by atoms with E-state index < -0.39 is 0 Å². The van der Waals surface area contributed by atoms with E-state index in [9.17, 15) is 4.79 Å². The van der Waals surface area contributed by atoms with Crippen molar-refractivity contribution in [2.24, 2.45) is 15.6 Å². The molecule has 2 aliphatic carbocycles. The van der Waals surface area contributed by atoms with Crippen LogP contribution >= 0.6 is 0 Å². The van der Waals surface area contributed by atoms with Gasteiger partial charge >= 0.3 is 0 Å². The van der Waals surface area contributed by atoms with Gasteiger partial charge in [0.1, 0.15) is 0 Å². The molecule has 2 bridgehead atoms. The first kappa shape index (κ1) is 18.1. The highest BCUT2D eigenvalue weighted by molar-refractivity contribution is 5.95. The standard InChI is InChI=1S/C17H21N7O2/c1-26-17-4-2-16(10-17,3-5-17)11-20-15(25)13-6-12(9-21-23-18)7-14(8-13)22-24-19/h6-8H,2-5,9-11H2,1H3,(H,20,25). The number of azide groups is 2. The minimum atomic E-state index is -0.224. The molecule has 2 saturated carbocycles. The summed E-state index contributed by atoms with van der Waals surface area (Å²) in [6.07, 6.45) is 5.19. The van der Waals surface area contributed by atoms with Crippen LogP contribution in [0.2, 0.25) is 0 Å². The maximum atomic E-state index is 12.6. The van der Waals surface area contributed by atoms with Crippen LogP contribution in [0.3, 0.4) is 0 Å². The van der Waals surface area contributed by atoms with E-state index in [0.717, 1.165) is 32.1 Å². The van der Waals surface area contributed by atoms with Gasteiger partial charge < -0.3 is 10.1 Å². The number of ether oxygens (including phenoxy) is 1. The quantitative estimate of drug-likeness (QED) is 0.437. The zero-order valence-electron chi connectivity index (χ0n) is 14.7. The Morgan fingerprint density at radius 3 is 2.62 bits per heavy atom. The average molecular weight is 355 g/mol. The Labute approximate surface area is 151 Å². The number of rotatable bonds is 7. The van der Waals surface area contributed by atoms with Crippen LogP contribution in [0.5, 0.6) is 0 Å².